The standard InChI is InChI=1S/C16H20FNOS/c1-4-9-18-16(15-8-5-11(2)20-15)13-10-12(17)6-7-14(13)19-3/h5-8,10,16,18H,4,9H2,1-3H3. The number of thiophene rings is 1. The minimum atomic E-state index is -0.239. The van der Waals surface area contributed by atoms with Crippen molar-refractivity contribution in [2.45, 2.75) is 26.3 Å². The molecule has 0 saturated heterocycles. The van der Waals surface area contributed by atoms with Gasteiger partial charge < -0.3 is 10.1 Å². The molecular weight excluding hydrogens is 273 g/mol. The Morgan fingerprint density at radius 1 is 1.30 bits per heavy atom. The van der Waals surface area contributed by atoms with Gasteiger partial charge in [0.1, 0.15) is 11.6 Å². The number of methoxy groups -OCH3 is 1. The number of hydrogen-bond donors (Lipinski definition) is 1. The molecule has 0 saturated carbocycles. The fourth-order valence-corrected chi connectivity index (χ4v) is 3.16. The summed E-state index contributed by atoms with van der Waals surface area (Å²) in [5.74, 6) is 0.475. The number of halogens is 1. The first-order valence-electron chi connectivity index (χ1n) is 6.79. The van der Waals surface area contributed by atoms with E-state index in [1.165, 1.54) is 15.8 Å². The van der Waals surface area contributed by atoms with Gasteiger partial charge in [-0.2, -0.15) is 0 Å². The van der Waals surface area contributed by atoms with E-state index in [1.807, 2.05) is 0 Å². The highest BCUT2D eigenvalue weighted by Crippen LogP contribution is 2.34. The van der Waals surface area contributed by atoms with Crippen LogP contribution in [0.3, 0.4) is 0 Å². The maximum atomic E-state index is 13.6. The summed E-state index contributed by atoms with van der Waals surface area (Å²) < 4.78 is 19.0. The van der Waals surface area contributed by atoms with Crippen molar-refractivity contribution >= 4 is 11.3 Å². The Balaban J connectivity index is 2.42. The lowest BCUT2D eigenvalue weighted by molar-refractivity contribution is 0.402. The molecule has 1 aromatic heterocycles. The topological polar surface area (TPSA) is 21.3 Å². The zero-order chi connectivity index (χ0) is 14.5. The van der Waals surface area contributed by atoms with Gasteiger partial charge in [0.05, 0.1) is 13.2 Å². The summed E-state index contributed by atoms with van der Waals surface area (Å²) in [6.45, 7) is 5.07. The fraction of sp³-hybridized carbons (Fsp3) is 0.375. The van der Waals surface area contributed by atoms with Crippen molar-refractivity contribution in [3.8, 4) is 5.75 Å². The predicted molar refractivity (Wildman–Crippen MR) is 82.1 cm³/mol. The van der Waals surface area contributed by atoms with E-state index in [1.54, 1.807) is 30.6 Å². The van der Waals surface area contributed by atoms with E-state index in [2.05, 4.69) is 31.3 Å². The first-order valence-corrected chi connectivity index (χ1v) is 7.60. The van der Waals surface area contributed by atoms with Crippen molar-refractivity contribution in [1.29, 1.82) is 0 Å². The SMILES string of the molecule is CCCNC(c1ccc(C)s1)c1cc(F)ccc1OC. The van der Waals surface area contributed by atoms with Gasteiger partial charge in [-0.3, -0.25) is 0 Å². The Labute approximate surface area is 123 Å². The number of hydrogen-bond acceptors (Lipinski definition) is 3. The van der Waals surface area contributed by atoms with Gasteiger partial charge in [0.25, 0.3) is 0 Å². The van der Waals surface area contributed by atoms with Crippen molar-refractivity contribution in [2.24, 2.45) is 0 Å². The van der Waals surface area contributed by atoms with Crippen LogP contribution in [0.25, 0.3) is 0 Å². The van der Waals surface area contributed by atoms with Gasteiger partial charge >= 0.3 is 0 Å². The van der Waals surface area contributed by atoms with Crippen LogP contribution < -0.4 is 10.1 Å². The van der Waals surface area contributed by atoms with Gasteiger partial charge in [0, 0.05) is 15.3 Å². The second kappa shape index (κ2) is 6.86. The van der Waals surface area contributed by atoms with Gasteiger partial charge in [-0.15, -0.1) is 11.3 Å². The molecule has 0 radical (unpaired) electrons. The van der Waals surface area contributed by atoms with Crippen LogP contribution in [-0.4, -0.2) is 13.7 Å². The third kappa shape index (κ3) is 3.38. The van der Waals surface area contributed by atoms with Gasteiger partial charge in [-0.1, -0.05) is 6.92 Å². The maximum Gasteiger partial charge on any atom is 0.124 e. The van der Waals surface area contributed by atoms with Gasteiger partial charge in [0.15, 0.2) is 0 Å². The molecule has 2 rings (SSSR count). The second-order valence-electron chi connectivity index (χ2n) is 4.72. The molecule has 0 fully saturated rings. The normalized spacial score (nSPS) is 12.4. The summed E-state index contributed by atoms with van der Waals surface area (Å²) in [5.41, 5.74) is 0.850. The zero-order valence-electron chi connectivity index (χ0n) is 12.1. The highest BCUT2D eigenvalue weighted by molar-refractivity contribution is 7.12. The minimum Gasteiger partial charge on any atom is -0.496 e. The number of nitrogens with one attached hydrogen (secondary N) is 1. The van der Waals surface area contributed by atoms with Crippen LogP contribution >= 0.6 is 11.3 Å². The molecule has 0 spiro atoms. The number of aryl methyl sites for hydroxylation is 1. The Kier molecular flexibility index (Phi) is 5.15. The lowest BCUT2D eigenvalue weighted by Crippen LogP contribution is -2.23. The van der Waals surface area contributed by atoms with Crippen LogP contribution in [0.1, 0.15) is 34.7 Å². The molecule has 1 N–H and O–H groups in total. The van der Waals surface area contributed by atoms with Crippen molar-refractivity contribution < 1.29 is 9.13 Å². The molecule has 0 aliphatic heterocycles. The predicted octanol–water partition coefficient (Wildman–Crippen LogP) is 4.29. The quantitative estimate of drug-likeness (QED) is 0.857. The molecule has 1 unspecified atom stereocenters. The number of rotatable bonds is 6. The summed E-state index contributed by atoms with van der Waals surface area (Å²) in [4.78, 5) is 2.43. The van der Waals surface area contributed by atoms with Gasteiger partial charge in [-0.25, -0.2) is 4.39 Å². The average Bonchev–Trinajstić information content (AvgIpc) is 2.86. The maximum absolute atomic E-state index is 13.6. The molecule has 2 aromatic rings. The Bertz CT molecular complexity index is 567. The molecule has 0 aliphatic rings. The Morgan fingerprint density at radius 3 is 2.70 bits per heavy atom. The summed E-state index contributed by atoms with van der Waals surface area (Å²) in [6.07, 6.45) is 1.03. The van der Waals surface area contributed by atoms with Crippen molar-refractivity contribution in [2.75, 3.05) is 13.7 Å². The number of benzene rings is 1. The van der Waals surface area contributed by atoms with Crippen LogP contribution in [0, 0.1) is 12.7 Å². The second-order valence-corrected chi connectivity index (χ2v) is 6.04. The van der Waals surface area contributed by atoms with Gasteiger partial charge in [-0.05, 0) is 50.2 Å². The number of ether oxygens (including phenoxy) is 1. The smallest absolute Gasteiger partial charge is 0.124 e. The van der Waals surface area contributed by atoms with E-state index < -0.39 is 0 Å². The van der Waals surface area contributed by atoms with E-state index in [4.69, 9.17) is 4.74 Å². The van der Waals surface area contributed by atoms with Crippen LogP contribution in [0.15, 0.2) is 30.3 Å². The summed E-state index contributed by atoms with van der Waals surface area (Å²) in [7, 11) is 1.62. The molecule has 2 nitrogen and oxygen atoms in total. The Hall–Kier alpha value is -1.39. The first kappa shape index (κ1) is 15.0. The van der Waals surface area contributed by atoms with Crippen molar-refractivity contribution in [3.63, 3.8) is 0 Å². The molecule has 1 heterocycles. The van der Waals surface area contributed by atoms with E-state index in [0.717, 1.165) is 18.5 Å². The van der Waals surface area contributed by atoms with Gasteiger partial charge in [0.2, 0.25) is 0 Å². The molecule has 0 amide bonds. The fourth-order valence-electron chi connectivity index (χ4n) is 2.19. The van der Waals surface area contributed by atoms with Crippen LogP contribution in [-0.2, 0) is 0 Å². The lowest BCUT2D eigenvalue weighted by atomic mass is 10.0. The lowest BCUT2D eigenvalue weighted by Gasteiger charge is -2.20. The molecule has 1 atom stereocenters. The third-order valence-electron chi connectivity index (χ3n) is 3.15. The van der Waals surface area contributed by atoms with E-state index in [0.29, 0.717) is 5.75 Å². The van der Waals surface area contributed by atoms with Crippen LogP contribution in [0.4, 0.5) is 4.39 Å². The molecular formula is C16H20FNOS. The summed E-state index contributed by atoms with van der Waals surface area (Å²) in [5, 5.41) is 3.48. The zero-order valence-corrected chi connectivity index (χ0v) is 12.9. The monoisotopic (exact) mass is 293 g/mol. The average molecular weight is 293 g/mol. The third-order valence-corrected chi connectivity index (χ3v) is 4.21. The molecule has 1 aromatic carbocycles. The highest BCUT2D eigenvalue weighted by Gasteiger charge is 2.19. The van der Waals surface area contributed by atoms with Crippen LogP contribution in [0.2, 0.25) is 0 Å². The molecule has 20 heavy (non-hydrogen) atoms. The Morgan fingerprint density at radius 2 is 2.10 bits per heavy atom. The first-order chi connectivity index (χ1) is 9.65. The summed E-state index contributed by atoms with van der Waals surface area (Å²) >= 11 is 1.73. The van der Waals surface area contributed by atoms with E-state index >= 15 is 0 Å². The van der Waals surface area contributed by atoms with Crippen molar-refractivity contribution in [1.82, 2.24) is 5.32 Å². The largest absolute Gasteiger partial charge is 0.496 e. The molecule has 0 bridgehead atoms. The highest BCUT2D eigenvalue weighted by atomic mass is 32.1. The van der Waals surface area contributed by atoms with E-state index in [-0.39, 0.29) is 11.9 Å². The minimum absolute atomic E-state index is 0.0284. The molecule has 4 heteroatoms. The molecule has 108 valence electrons. The molecule has 0 aliphatic carbocycles. The van der Waals surface area contributed by atoms with Crippen LogP contribution in [0.5, 0.6) is 5.75 Å². The summed E-state index contributed by atoms with van der Waals surface area (Å²) in [6, 6.07) is 8.83. The van der Waals surface area contributed by atoms with E-state index in [9.17, 15) is 4.39 Å². The van der Waals surface area contributed by atoms with Crippen molar-refractivity contribution in [3.05, 3.63) is 51.5 Å².